The van der Waals surface area contributed by atoms with Crippen LogP contribution in [0, 0.1) is 6.92 Å². The molecule has 0 aliphatic heterocycles. The van der Waals surface area contributed by atoms with E-state index in [1.165, 1.54) is 22.9 Å². The third kappa shape index (κ3) is 5.12. The Kier molecular flexibility index (Phi) is 6.57. The number of urea groups is 1. The van der Waals surface area contributed by atoms with Gasteiger partial charge in [-0.2, -0.15) is 5.10 Å². The minimum atomic E-state index is -0.520. The molecule has 8 nitrogen and oxygen atoms in total. The minimum Gasteiger partial charge on any atom is -0.508 e. The Morgan fingerprint density at radius 2 is 1.79 bits per heavy atom. The van der Waals surface area contributed by atoms with Gasteiger partial charge in [0.2, 0.25) is 0 Å². The van der Waals surface area contributed by atoms with Crippen molar-refractivity contribution in [1.29, 1.82) is 0 Å². The highest BCUT2D eigenvalue weighted by molar-refractivity contribution is 9.11. The van der Waals surface area contributed by atoms with Gasteiger partial charge in [-0.05, 0) is 89.1 Å². The number of hydrogen-bond donors (Lipinski definition) is 3. The zero-order valence-corrected chi connectivity index (χ0v) is 20.4. The summed E-state index contributed by atoms with van der Waals surface area (Å²) in [4.78, 5) is 29.8. The number of phenolic OH excluding ortho intramolecular Hbond substituents is 1. The summed E-state index contributed by atoms with van der Waals surface area (Å²) in [5.41, 5.74) is 4.65. The zero-order valence-electron chi connectivity index (χ0n) is 17.2. The monoisotopic (exact) mass is 569 g/mol. The van der Waals surface area contributed by atoms with Gasteiger partial charge in [0.15, 0.2) is 0 Å². The lowest BCUT2D eigenvalue weighted by molar-refractivity contribution is 0.252. The van der Waals surface area contributed by atoms with Gasteiger partial charge in [-0.15, -0.1) is 0 Å². The number of hydrazone groups is 1. The fourth-order valence-electron chi connectivity index (χ4n) is 3.20. The van der Waals surface area contributed by atoms with Crippen molar-refractivity contribution in [2.45, 2.75) is 6.92 Å². The SMILES string of the molecule is Cc1nc2c(Br)cc(Br)cc2c(=O)n1-c1ccc(NC(=O)N/N=C/c2ccc(O)cc2)cc1. The van der Waals surface area contributed by atoms with Crippen LogP contribution in [-0.2, 0) is 0 Å². The number of anilines is 1. The molecule has 0 aliphatic carbocycles. The number of amides is 2. The second-order valence-corrected chi connectivity index (χ2v) is 8.82. The second-order valence-electron chi connectivity index (χ2n) is 7.05. The number of aromatic hydroxyl groups is 1. The average molecular weight is 571 g/mol. The fraction of sp³-hybridized carbons (Fsp3) is 0.0435. The molecule has 0 radical (unpaired) electrons. The van der Waals surface area contributed by atoms with Gasteiger partial charge in [0.1, 0.15) is 11.6 Å². The lowest BCUT2D eigenvalue weighted by Crippen LogP contribution is -2.24. The van der Waals surface area contributed by atoms with Crippen molar-refractivity contribution in [2.24, 2.45) is 5.10 Å². The average Bonchev–Trinajstić information content (AvgIpc) is 2.77. The molecule has 3 aromatic carbocycles. The van der Waals surface area contributed by atoms with Crippen LogP contribution in [-0.4, -0.2) is 26.9 Å². The molecule has 1 aromatic heterocycles. The topological polar surface area (TPSA) is 109 Å². The third-order valence-electron chi connectivity index (χ3n) is 4.72. The van der Waals surface area contributed by atoms with E-state index in [4.69, 9.17) is 0 Å². The highest BCUT2D eigenvalue weighted by atomic mass is 79.9. The number of aryl methyl sites for hydroxylation is 1. The summed E-state index contributed by atoms with van der Waals surface area (Å²) >= 11 is 6.87. The standard InChI is InChI=1S/C23H17Br2N5O3/c1-13-27-21-19(10-15(24)11-20(21)25)22(32)30(13)17-6-4-16(5-7-17)28-23(33)29-26-12-14-2-8-18(31)9-3-14/h2-12,31H,1H3,(H2,28,29,33)/b26-12+. The molecule has 33 heavy (non-hydrogen) atoms. The first-order valence-corrected chi connectivity index (χ1v) is 11.3. The van der Waals surface area contributed by atoms with Gasteiger partial charge < -0.3 is 10.4 Å². The molecule has 0 aliphatic rings. The van der Waals surface area contributed by atoms with Gasteiger partial charge >= 0.3 is 6.03 Å². The molecule has 0 unspecified atom stereocenters. The van der Waals surface area contributed by atoms with Gasteiger partial charge in [-0.25, -0.2) is 15.2 Å². The molecule has 3 N–H and O–H groups in total. The summed E-state index contributed by atoms with van der Waals surface area (Å²) in [6, 6.07) is 16.3. The molecule has 0 spiro atoms. The number of rotatable bonds is 4. The molecular formula is C23H17Br2N5O3. The number of halogens is 2. The molecular weight excluding hydrogens is 554 g/mol. The summed E-state index contributed by atoms with van der Waals surface area (Å²) in [5, 5.41) is 16.3. The molecule has 1 heterocycles. The summed E-state index contributed by atoms with van der Waals surface area (Å²) in [6.07, 6.45) is 1.46. The molecule has 0 bridgehead atoms. The van der Waals surface area contributed by atoms with E-state index in [-0.39, 0.29) is 11.3 Å². The lowest BCUT2D eigenvalue weighted by Gasteiger charge is -2.12. The number of nitrogens with one attached hydrogen (secondary N) is 2. The van der Waals surface area contributed by atoms with E-state index in [2.05, 4.69) is 52.7 Å². The van der Waals surface area contributed by atoms with E-state index in [1.807, 2.05) is 6.07 Å². The maximum atomic E-state index is 13.1. The van der Waals surface area contributed by atoms with Crippen LogP contribution in [0.5, 0.6) is 5.75 Å². The summed E-state index contributed by atoms with van der Waals surface area (Å²) in [5.74, 6) is 0.691. The number of fused-ring (bicyclic) bond motifs is 1. The highest BCUT2D eigenvalue weighted by Crippen LogP contribution is 2.26. The molecule has 0 fully saturated rings. The Bertz CT molecular complexity index is 1430. The van der Waals surface area contributed by atoms with Crippen LogP contribution in [0.3, 0.4) is 0 Å². The predicted molar refractivity (Wildman–Crippen MR) is 135 cm³/mol. The molecule has 4 aromatic rings. The van der Waals surface area contributed by atoms with E-state index in [9.17, 15) is 14.7 Å². The first-order valence-electron chi connectivity index (χ1n) is 9.70. The van der Waals surface area contributed by atoms with Crippen molar-refractivity contribution in [2.75, 3.05) is 5.32 Å². The predicted octanol–water partition coefficient (Wildman–Crippen LogP) is 5.08. The van der Waals surface area contributed by atoms with Crippen LogP contribution >= 0.6 is 31.9 Å². The van der Waals surface area contributed by atoms with Crippen molar-refractivity contribution in [1.82, 2.24) is 15.0 Å². The van der Waals surface area contributed by atoms with Crippen LogP contribution in [0.2, 0.25) is 0 Å². The Labute approximate surface area is 205 Å². The third-order valence-corrected chi connectivity index (χ3v) is 5.78. The largest absolute Gasteiger partial charge is 0.508 e. The van der Waals surface area contributed by atoms with Crippen LogP contribution in [0.4, 0.5) is 10.5 Å². The number of hydrogen-bond acceptors (Lipinski definition) is 5. The van der Waals surface area contributed by atoms with E-state index in [0.717, 1.165) is 14.5 Å². The van der Waals surface area contributed by atoms with Gasteiger partial charge in [0.05, 0.1) is 22.8 Å². The molecule has 2 amide bonds. The lowest BCUT2D eigenvalue weighted by atomic mass is 10.2. The molecule has 4 rings (SSSR count). The van der Waals surface area contributed by atoms with Gasteiger partial charge in [-0.1, -0.05) is 15.9 Å². The summed E-state index contributed by atoms with van der Waals surface area (Å²) < 4.78 is 3.03. The van der Waals surface area contributed by atoms with Gasteiger partial charge in [0, 0.05) is 14.6 Å². The van der Waals surface area contributed by atoms with Crippen molar-refractivity contribution in [3.05, 3.63) is 91.4 Å². The van der Waals surface area contributed by atoms with Crippen molar-refractivity contribution in [3.8, 4) is 11.4 Å². The minimum absolute atomic E-state index is 0.152. The second kappa shape index (κ2) is 9.55. The number of carbonyl (C=O) groups is 1. The molecule has 0 saturated carbocycles. The van der Waals surface area contributed by atoms with Gasteiger partial charge in [0.25, 0.3) is 5.56 Å². The first kappa shape index (κ1) is 22.7. The maximum absolute atomic E-state index is 13.1. The van der Waals surface area contributed by atoms with Crippen LogP contribution in [0.25, 0.3) is 16.6 Å². The number of aromatic nitrogens is 2. The molecule has 0 saturated heterocycles. The molecule has 0 atom stereocenters. The number of nitrogens with zero attached hydrogens (tertiary/aromatic N) is 3. The van der Waals surface area contributed by atoms with Crippen LogP contribution in [0.15, 0.2) is 79.5 Å². The van der Waals surface area contributed by atoms with Gasteiger partial charge in [-0.3, -0.25) is 9.36 Å². The quantitative estimate of drug-likeness (QED) is 0.235. The Morgan fingerprint density at radius 3 is 2.48 bits per heavy atom. The summed E-state index contributed by atoms with van der Waals surface area (Å²) in [6.45, 7) is 1.76. The Morgan fingerprint density at radius 1 is 1.09 bits per heavy atom. The van der Waals surface area contributed by atoms with E-state index < -0.39 is 6.03 Å². The molecule has 10 heteroatoms. The number of carbonyl (C=O) groups excluding carboxylic acids is 1. The Hall–Kier alpha value is -3.50. The Balaban J connectivity index is 1.50. The van der Waals surface area contributed by atoms with E-state index in [1.54, 1.807) is 49.4 Å². The fourth-order valence-corrected chi connectivity index (χ4v) is 4.52. The van der Waals surface area contributed by atoms with Crippen LogP contribution < -0.4 is 16.3 Å². The van der Waals surface area contributed by atoms with Crippen molar-refractivity contribution >= 4 is 60.7 Å². The maximum Gasteiger partial charge on any atom is 0.339 e. The van der Waals surface area contributed by atoms with Crippen molar-refractivity contribution in [3.63, 3.8) is 0 Å². The van der Waals surface area contributed by atoms with E-state index >= 15 is 0 Å². The molecule has 166 valence electrons. The summed E-state index contributed by atoms with van der Waals surface area (Å²) in [7, 11) is 0. The van der Waals surface area contributed by atoms with Crippen molar-refractivity contribution < 1.29 is 9.90 Å². The number of benzene rings is 3. The highest BCUT2D eigenvalue weighted by Gasteiger charge is 2.13. The van der Waals surface area contributed by atoms with E-state index in [0.29, 0.717) is 28.1 Å². The van der Waals surface area contributed by atoms with Crippen LogP contribution in [0.1, 0.15) is 11.4 Å². The smallest absolute Gasteiger partial charge is 0.339 e. The zero-order chi connectivity index (χ0) is 23.5. The number of phenols is 1. The normalized spacial score (nSPS) is 11.1. The first-order chi connectivity index (χ1) is 15.8.